The van der Waals surface area contributed by atoms with Crippen molar-refractivity contribution in [1.29, 1.82) is 0 Å². The summed E-state index contributed by atoms with van der Waals surface area (Å²) in [7, 11) is 1.83. The minimum Gasteiger partial charge on any atom is -0.723 e. The first kappa shape index (κ1) is 27.5. The molecule has 0 heterocycles. The van der Waals surface area contributed by atoms with Crippen LogP contribution in [0.1, 0.15) is 106 Å². The highest BCUT2D eigenvalue weighted by atomic mass is 17.1. The fraction of sp³-hybridized carbons (Fsp3) is 1.00. The molecule has 6 heteroatoms. The summed E-state index contributed by atoms with van der Waals surface area (Å²) < 4.78 is 5.75. The molecule has 4 unspecified atom stereocenters. The highest BCUT2D eigenvalue weighted by Crippen LogP contribution is 2.72. The van der Waals surface area contributed by atoms with Gasteiger partial charge in [0.2, 0.25) is 0 Å². The van der Waals surface area contributed by atoms with Crippen molar-refractivity contribution in [3.63, 3.8) is 0 Å². The van der Waals surface area contributed by atoms with Gasteiger partial charge in [0.05, 0.1) is 6.10 Å². The first-order valence-corrected chi connectivity index (χ1v) is 14.3. The Morgan fingerprint density at radius 2 is 1.74 bits per heavy atom. The number of nitrogens with zero attached hydrogens (tertiary/aromatic N) is 1. The van der Waals surface area contributed by atoms with Gasteiger partial charge in [-0.3, -0.25) is 0 Å². The van der Waals surface area contributed by atoms with Crippen molar-refractivity contribution in [2.24, 2.45) is 56.9 Å². The Morgan fingerprint density at radius 3 is 2.34 bits per heavy atom. The van der Waals surface area contributed by atoms with Crippen molar-refractivity contribution in [2.75, 3.05) is 7.11 Å². The highest BCUT2D eigenvalue weighted by molar-refractivity contribution is 5.16. The Bertz CT molecular complexity index is 776. The van der Waals surface area contributed by atoms with Crippen LogP contribution in [0.5, 0.6) is 0 Å². The Labute approximate surface area is 212 Å². The molecule has 4 fully saturated rings. The van der Waals surface area contributed by atoms with Crippen molar-refractivity contribution in [3.8, 4) is 0 Å². The molecular weight excluding hydrogens is 442 g/mol. The third kappa shape index (κ3) is 4.32. The molecule has 35 heavy (non-hydrogen) atoms. The molecule has 4 aliphatic carbocycles. The number of nitroso groups, excluding NO2 is 1. The van der Waals surface area contributed by atoms with E-state index in [9.17, 15) is 15.3 Å². The lowest BCUT2D eigenvalue weighted by Crippen LogP contribution is -2.64. The minimum atomic E-state index is -1.51. The van der Waals surface area contributed by atoms with Gasteiger partial charge in [0, 0.05) is 26.1 Å². The van der Waals surface area contributed by atoms with E-state index in [1.807, 2.05) is 7.11 Å². The molecule has 6 nitrogen and oxygen atoms in total. The molecular formula is C29H50NO5-. The van der Waals surface area contributed by atoms with Gasteiger partial charge in [-0.2, -0.15) is 0 Å². The quantitative estimate of drug-likeness (QED) is 0.261. The molecule has 0 bridgehead atoms. The number of ether oxygens (including phenoxy) is 1. The van der Waals surface area contributed by atoms with E-state index in [1.54, 1.807) is 0 Å². The molecule has 4 rings (SSSR count). The van der Waals surface area contributed by atoms with Gasteiger partial charge in [0.1, 0.15) is 0 Å². The van der Waals surface area contributed by atoms with Crippen LogP contribution in [0.4, 0.5) is 0 Å². The van der Waals surface area contributed by atoms with Gasteiger partial charge < -0.3 is 20.0 Å². The Hall–Kier alpha value is -0.560. The van der Waals surface area contributed by atoms with Crippen molar-refractivity contribution >= 4 is 0 Å². The lowest BCUT2D eigenvalue weighted by atomic mass is 9.39. The summed E-state index contributed by atoms with van der Waals surface area (Å²) in [6.45, 7) is 14.0. The average Bonchev–Trinajstić information content (AvgIpc) is 3.16. The minimum absolute atomic E-state index is 0.0163. The number of rotatable bonds is 8. The van der Waals surface area contributed by atoms with Crippen LogP contribution in [0.15, 0.2) is 5.18 Å². The number of methoxy groups -OCH3 is 1. The van der Waals surface area contributed by atoms with Gasteiger partial charge in [0.25, 0.3) is 0 Å². The summed E-state index contributed by atoms with van der Waals surface area (Å²) >= 11 is 0. The Kier molecular flexibility index (Phi) is 7.56. The number of fused-ring (bicyclic) bond motifs is 5. The van der Waals surface area contributed by atoms with Gasteiger partial charge in [-0.15, -0.1) is 4.91 Å². The van der Waals surface area contributed by atoms with Crippen LogP contribution in [-0.2, 0) is 9.62 Å². The predicted molar refractivity (Wildman–Crippen MR) is 135 cm³/mol. The average molecular weight is 493 g/mol. The van der Waals surface area contributed by atoms with Crippen molar-refractivity contribution in [2.45, 2.75) is 124 Å². The van der Waals surface area contributed by atoms with E-state index >= 15 is 0 Å². The molecule has 0 aromatic heterocycles. The third-order valence-corrected chi connectivity index (χ3v) is 12.3. The molecule has 202 valence electrons. The SMILES string of the molecule is CO[C@H](CC[C@@H](C)[C@H]1CCC2C3C(CC[C@@]21C)[C@@]1(C)CCC(O)(N=O)C[C@]1(C)C[C@H]3O[O-])C(C)C. The van der Waals surface area contributed by atoms with E-state index in [-0.39, 0.29) is 28.3 Å². The fourth-order valence-corrected chi connectivity index (χ4v) is 10.2. The monoisotopic (exact) mass is 492 g/mol. The molecule has 0 saturated heterocycles. The lowest BCUT2D eigenvalue weighted by molar-refractivity contribution is -0.709. The molecule has 11 atom stereocenters. The van der Waals surface area contributed by atoms with Crippen molar-refractivity contribution in [1.82, 2.24) is 0 Å². The van der Waals surface area contributed by atoms with E-state index in [2.05, 4.69) is 46.7 Å². The standard InChI is InChI=1S/C29H51NO5/c1-18(2)23(34-7)11-8-19(3)20-9-10-21-25-22(12-13-27(20,21)5)28(6)14-15-29(31,30-32)17-26(28,4)16-24(25)35-33/h18-25,31,33H,8-17H2,1-7H3/p-1/t19-,20-,21?,22?,23-,24-,25?,26+,27-,28-,29?/m1/s1. The largest absolute Gasteiger partial charge is 0.723 e. The molecule has 0 aromatic rings. The summed E-state index contributed by atoms with van der Waals surface area (Å²) in [5.41, 5.74) is -1.62. The van der Waals surface area contributed by atoms with Crippen LogP contribution >= 0.6 is 0 Å². The zero-order chi connectivity index (χ0) is 25.8. The van der Waals surface area contributed by atoms with Crippen LogP contribution in [0.25, 0.3) is 0 Å². The lowest BCUT2D eigenvalue weighted by Gasteiger charge is -2.67. The maximum Gasteiger partial charge on any atom is 0.198 e. The molecule has 1 N–H and O–H groups in total. The first-order valence-electron chi connectivity index (χ1n) is 14.3. The van der Waals surface area contributed by atoms with Crippen LogP contribution in [0.2, 0.25) is 0 Å². The second kappa shape index (κ2) is 9.63. The van der Waals surface area contributed by atoms with Gasteiger partial charge in [-0.25, -0.2) is 0 Å². The van der Waals surface area contributed by atoms with E-state index < -0.39 is 5.72 Å². The van der Waals surface area contributed by atoms with E-state index in [0.29, 0.717) is 55.0 Å². The second-order valence-corrected chi connectivity index (χ2v) is 14.2. The van der Waals surface area contributed by atoms with Gasteiger partial charge in [-0.1, -0.05) is 41.5 Å². The van der Waals surface area contributed by atoms with Crippen molar-refractivity contribution in [3.05, 3.63) is 4.91 Å². The Morgan fingerprint density at radius 1 is 1.03 bits per heavy atom. The summed E-state index contributed by atoms with van der Waals surface area (Å²) in [5, 5.41) is 26.1. The molecule has 0 aromatic carbocycles. The fourth-order valence-electron chi connectivity index (χ4n) is 10.2. The van der Waals surface area contributed by atoms with Crippen LogP contribution in [-0.4, -0.2) is 30.1 Å². The van der Waals surface area contributed by atoms with Crippen LogP contribution in [0.3, 0.4) is 0 Å². The molecule has 4 saturated carbocycles. The van der Waals surface area contributed by atoms with Gasteiger partial charge in [-0.05, 0) is 108 Å². The third-order valence-electron chi connectivity index (χ3n) is 12.3. The highest BCUT2D eigenvalue weighted by Gasteiger charge is 2.67. The maximum atomic E-state index is 12.2. The number of hydrogen-bond acceptors (Lipinski definition) is 6. The zero-order valence-electron chi connectivity index (χ0n) is 23.2. The van der Waals surface area contributed by atoms with E-state index in [1.165, 1.54) is 25.7 Å². The van der Waals surface area contributed by atoms with Gasteiger partial charge >= 0.3 is 0 Å². The molecule has 0 spiro atoms. The zero-order valence-corrected chi connectivity index (χ0v) is 23.2. The summed E-state index contributed by atoms with van der Waals surface area (Å²) in [5.74, 6) is 2.99. The molecule has 0 aliphatic heterocycles. The van der Waals surface area contributed by atoms with Crippen LogP contribution < -0.4 is 5.26 Å². The topological polar surface area (TPSA) is 91.2 Å². The molecule has 0 amide bonds. The predicted octanol–water partition coefficient (Wildman–Crippen LogP) is 5.85. The summed E-state index contributed by atoms with van der Waals surface area (Å²) in [6.07, 6.45) is 9.12. The molecule has 4 aliphatic rings. The van der Waals surface area contributed by atoms with E-state index in [0.717, 1.165) is 19.3 Å². The Balaban J connectivity index is 1.56. The normalized spacial score (nSPS) is 49.1. The summed E-state index contributed by atoms with van der Waals surface area (Å²) in [4.78, 5) is 16.5. The number of hydrogen-bond donors (Lipinski definition) is 1. The first-order chi connectivity index (χ1) is 16.4. The molecule has 0 radical (unpaired) electrons. The van der Waals surface area contributed by atoms with Crippen molar-refractivity contribution < 1.29 is 20.0 Å². The number of aliphatic hydroxyl groups is 1. The smallest absolute Gasteiger partial charge is 0.198 e. The van der Waals surface area contributed by atoms with Gasteiger partial charge in [0.15, 0.2) is 5.72 Å². The second-order valence-electron chi connectivity index (χ2n) is 14.2. The summed E-state index contributed by atoms with van der Waals surface area (Å²) in [6, 6.07) is 0. The van der Waals surface area contributed by atoms with Crippen LogP contribution in [0, 0.1) is 56.7 Å². The van der Waals surface area contributed by atoms with E-state index in [4.69, 9.17) is 9.62 Å². The maximum absolute atomic E-state index is 12.2.